The summed E-state index contributed by atoms with van der Waals surface area (Å²) in [7, 11) is 6.65. The number of anilines is 2. The van der Waals surface area contributed by atoms with Gasteiger partial charge in [0.1, 0.15) is 24.7 Å². The molecule has 0 radical (unpaired) electrons. The monoisotopic (exact) mass is 812 g/mol. The first-order valence-corrected chi connectivity index (χ1v) is 19.3. The molecule has 2 atom stereocenters. The van der Waals surface area contributed by atoms with Gasteiger partial charge in [-0.1, -0.05) is 60.7 Å². The van der Waals surface area contributed by atoms with Crippen LogP contribution in [0.4, 0.5) is 11.4 Å². The molecular formula is C42H44N12O6. The van der Waals surface area contributed by atoms with Crippen molar-refractivity contribution >= 4 is 35.0 Å². The average Bonchev–Trinajstić information content (AvgIpc) is 3.89. The maximum atomic E-state index is 12.9. The first kappa shape index (κ1) is 40.7. The molecule has 308 valence electrons. The molecule has 6 heterocycles. The smallest absolute Gasteiger partial charge is 0.291 e. The molecule has 0 unspecified atom stereocenters. The zero-order chi connectivity index (χ0) is 42.5. The Kier molecular flexibility index (Phi) is 11.9. The molecule has 0 fully saturated rings. The third-order valence-electron chi connectivity index (χ3n) is 10.6. The van der Waals surface area contributed by atoms with Gasteiger partial charge in [-0.05, 0) is 48.9 Å². The molecule has 8 rings (SSSR count). The summed E-state index contributed by atoms with van der Waals surface area (Å²) < 4.78 is 6.24. The van der Waals surface area contributed by atoms with Crippen molar-refractivity contribution in [2.45, 2.75) is 50.9 Å². The lowest BCUT2D eigenvalue weighted by molar-refractivity contribution is -0.120. The molecule has 18 nitrogen and oxygen atoms in total. The van der Waals surface area contributed by atoms with Crippen molar-refractivity contribution in [2.75, 3.05) is 23.9 Å². The largest absolute Gasteiger partial charge is 0.337 e. The van der Waals surface area contributed by atoms with Crippen molar-refractivity contribution < 1.29 is 19.2 Å². The van der Waals surface area contributed by atoms with Gasteiger partial charge in [0.2, 0.25) is 23.5 Å². The van der Waals surface area contributed by atoms with Crippen LogP contribution in [0, 0.1) is 0 Å². The van der Waals surface area contributed by atoms with E-state index in [1.807, 2.05) is 60.7 Å². The number of amides is 4. The first-order valence-electron chi connectivity index (χ1n) is 19.3. The Bertz CT molecular complexity index is 2490. The van der Waals surface area contributed by atoms with E-state index in [9.17, 15) is 28.8 Å². The zero-order valence-corrected chi connectivity index (χ0v) is 33.6. The lowest BCUT2D eigenvalue weighted by atomic mass is 10.1. The summed E-state index contributed by atoms with van der Waals surface area (Å²) in [6.07, 6.45) is 4.72. The van der Waals surface area contributed by atoms with Crippen LogP contribution in [0.15, 0.2) is 107 Å². The maximum Gasteiger partial charge on any atom is 0.291 e. The number of aromatic nitrogens is 8. The fourth-order valence-corrected chi connectivity index (χ4v) is 7.25. The minimum absolute atomic E-state index is 0.00976. The molecule has 0 saturated heterocycles. The second-order valence-electron chi connectivity index (χ2n) is 14.6. The van der Waals surface area contributed by atoms with Crippen LogP contribution < -0.4 is 31.6 Å². The fourth-order valence-electron chi connectivity index (χ4n) is 7.25. The van der Waals surface area contributed by atoms with E-state index in [1.165, 1.54) is 43.7 Å². The Morgan fingerprint density at radius 1 is 0.567 bits per heavy atom. The molecule has 0 saturated carbocycles. The Balaban J connectivity index is 0.000000181. The number of nitrogens with one attached hydrogen (secondary N) is 2. The lowest BCUT2D eigenvalue weighted by Gasteiger charge is -2.22. The second-order valence-corrected chi connectivity index (χ2v) is 14.6. The molecule has 4 aromatic heterocycles. The molecule has 0 bridgehead atoms. The normalized spacial score (nSPS) is 16.1. The van der Waals surface area contributed by atoms with E-state index < -0.39 is 23.9 Å². The van der Waals surface area contributed by atoms with Crippen LogP contribution in [-0.2, 0) is 49.6 Å². The van der Waals surface area contributed by atoms with Crippen LogP contribution >= 0.6 is 0 Å². The second kappa shape index (κ2) is 17.6. The maximum absolute atomic E-state index is 12.9. The molecule has 6 aromatic rings. The van der Waals surface area contributed by atoms with Crippen molar-refractivity contribution in [3.05, 3.63) is 152 Å². The summed E-state index contributed by atoms with van der Waals surface area (Å²) in [6, 6.07) is 24.2. The number of carbonyl (C=O) groups excluding carboxylic acids is 4. The predicted octanol–water partition coefficient (Wildman–Crippen LogP) is 1.47. The molecule has 18 heteroatoms. The molecule has 60 heavy (non-hydrogen) atoms. The molecule has 2 aliphatic rings. The highest BCUT2D eigenvalue weighted by atomic mass is 16.2. The number of pyridine rings is 2. The zero-order valence-electron chi connectivity index (χ0n) is 33.6. The number of rotatable bonds is 8. The standard InChI is InChI=1S/2C21H22N6O3/c2*1-25-16-9-8-15(21(30)26(2)17(16)10-11-18(25)28)23-20(29)19-22-13-27(24-19)12-14-6-4-3-5-7-14/h2*3-7,10-11,13,15H,8-9,12H2,1-2H3,(H,23,29)/t2*15-/m10/s1. The molecule has 4 amide bonds. The minimum Gasteiger partial charge on any atom is -0.337 e. The Morgan fingerprint density at radius 3 is 1.33 bits per heavy atom. The third-order valence-corrected chi connectivity index (χ3v) is 10.6. The number of hydrogen-bond acceptors (Lipinski definition) is 10. The van der Waals surface area contributed by atoms with Crippen LogP contribution in [0.1, 0.15) is 56.6 Å². The van der Waals surface area contributed by atoms with Crippen LogP contribution in [0.3, 0.4) is 0 Å². The summed E-state index contributed by atoms with van der Waals surface area (Å²) >= 11 is 0. The molecule has 2 aromatic carbocycles. The van der Waals surface area contributed by atoms with Crippen molar-refractivity contribution in [3.8, 4) is 0 Å². The molecular weight excluding hydrogens is 769 g/mol. The van der Waals surface area contributed by atoms with Gasteiger partial charge in [0.15, 0.2) is 0 Å². The van der Waals surface area contributed by atoms with Gasteiger partial charge in [-0.3, -0.25) is 28.8 Å². The van der Waals surface area contributed by atoms with Gasteiger partial charge in [-0.2, -0.15) is 0 Å². The average molecular weight is 813 g/mol. The van der Waals surface area contributed by atoms with E-state index in [-0.39, 0.29) is 34.6 Å². The highest BCUT2D eigenvalue weighted by molar-refractivity contribution is 6.02. The topological polar surface area (TPSA) is 204 Å². The number of fused-ring (bicyclic) bond motifs is 2. The molecule has 2 N–H and O–H groups in total. The fraction of sp³-hybridized carbons (Fsp3) is 0.286. The highest BCUT2D eigenvalue weighted by Crippen LogP contribution is 2.26. The molecule has 0 aliphatic carbocycles. The highest BCUT2D eigenvalue weighted by Gasteiger charge is 2.33. The summed E-state index contributed by atoms with van der Waals surface area (Å²) in [5, 5.41) is 13.9. The third kappa shape index (κ3) is 8.81. The Labute approximate surface area is 344 Å². The summed E-state index contributed by atoms with van der Waals surface area (Å²) in [6.45, 7) is 0.991. The van der Waals surface area contributed by atoms with Gasteiger partial charge < -0.3 is 29.6 Å². The van der Waals surface area contributed by atoms with Gasteiger partial charge in [0, 0.05) is 51.7 Å². The number of hydrogen-bond donors (Lipinski definition) is 2. The van der Waals surface area contributed by atoms with E-state index >= 15 is 0 Å². The van der Waals surface area contributed by atoms with Crippen molar-refractivity contribution in [3.63, 3.8) is 0 Å². The minimum atomic E-state index is -0.730. The number of benzene rings is 2. The Morgan fingerprint density at radius 2 is 0.950 bits per heavy atom. The van der Waals surface area contributed by atoms with Crippen molar-refractivity contribution in [1.29, 1.82) is 0 Å². The van der Waals surface area contributed by atoms with Crippen LogP contribution in [0.2, 0.25) is 0 Å². The van der Waals surface area contributed by atoms with Gasteiger partial charge in [0.05, 0.1) is 24.5 Å². The van der Waals surface area contributed by atoms with Gasteiger partial charge in [0.25, 0.3) is 22.9 Å². The van der Waals surface area contributed by atoms with Crippen molar-refractivity contribution in [2.24, 2.45) is 14.1 Å². The van der Waals surface area contributed by atoms with E-state index in [0.29, 0.717) is 50.1 Å². The van der Waals surface area contributed by atoms with E-state index in [0.717, 1.165) is 22.5 Å². The summed E-state index contributed by atoms with van der Waals surface area (Å²) in [5.74, 6) is -1.48. The van der Waals surface area contributed by atoms with Crippen LogP contribution in [0.25, 0.3) is 0 Å². The number of carbonyl (C=O) groups is 4. The Hall–Kier alpha value is -7.50. The molecule has 2 aliphatic heterocycles. The predicted molar refractivity (Wildman–Crippen MR) is 220 cm³/mol. The molecule has 0 spiro atoms. The lowest BCUT2D eigenvalue weighted by Crippen LogP contribution is -2.47. The SMILES string of the molecule is CN1C(=O)[C@@H](NC(=O)c2ncn(Cc3ccccc3)n2)CCc2c1ccc(=O)n2C.CN1C(=O)[C@H](NC(=O)c2ncn(Cc3ccccc3)n2)CCc2c1ccc(=O)n2C. The van der Waals surface area contributed by atoms with Gasteiger partial charge in [-0.25, -0.2) is 19.3 Å². The summed E-state index contributed by atoms with van der Waals surface area (Å²) in [4.78, 5) is 86.1. The van der Waals surface area contributed by atoms with Crippen molar-refractivity contribution in [1.82, 2.24) is 49.3 Å². The van der Waals surface area contributed by atoms with E-state index in [1.54, 1.807) is 49.7 Å². The first-order chi connectivity index (χ1) is 28.9. The van der Waals surface area contributed by atoms with Gasteiger partial charge in [-0.15, -0.1) is 10.2 Å². The van der Waals surface area contributed by atoms with Crippen LogP contribution in [-0.4, -0.2) is 88.5 Å². The van der Waals surface area contributed by atoms with Crippen LogP contribution in [0.5, 0.6) is 0 Å². The van der Waals surface area contributed by atoms with E-state index in [2.05, 4.69) is 30.8 Å². The quantitative estimate of drug-likeness (QED) is 0.227. The number of nitrogens with zero attached hydrogens (tertiary/aromatic N) is 10. The summed E-state index contributed by atoms with van der Waals surface area (Å²) in [5.41, 5.74) is 4.68. The van der Waals surface area contributed by atoms with E-state index in [4.69, 9.17) is 0 Å². The number of likely N-dealkylation sites (N-methyl/N-ethyl adjacent to an activating group) is 2. The van der Waals surface area contributed by atoms with Gasteiger partial charge >= 0.3 is 0 Å².